The first kappa shape index (κ1) is 17.9. The van der Waals surface area contributed by atoms with E-state index in [1.54, 1.807) is 19.1 Å². The van der Waals surface area contributed by atoms with Crippen LogP contribution in [-0.4, -0.2) is 18.5 Å². The molecule has 0 bridgehead atoms. The molecular weight excluding hydrogens is 428 g/mol. The Bertz CT molecular complexity index is 967. The van der Waals surface area contributed by atoms with E-state index in [0.29, 0.717) is 14.4 Å². The molecule has 0 saturated heterocycles. The number of carbonyl (C=O) groups excluding carboxylic acids is 2. The highest BCUT2D eigenvalue weighted by Crippen LogP contribution is 2.36. The molecule has 3 aromatic rings. The van der Waals surface area contributed by atoms with Gasteiger partial charge in [0.05, 0.1) is 11.6 Å². The van der Waals surface area contributed by atoms with Gasteiger partial charge in [0.25, 0.3) is 0 Å². The molecule has 7 heteroatoms. The molecule has 0 spiro atoms. The highest BCUT2D eigenvalue weighted by molar-refractivity contribution is 9.10. The zero-order valence-corrected chi connectivity index (χ0v) is 16.2. The second-order valence-electron chi connectivity index (χ2n) is 4.99. The van der Waals surface area contributed by atoms with Crippen molar-refractivity contribution < 1.29 is 19.1 Å². The van der Waals surface area contributed by atoms with Crippen molar-refractivity contribution in [1.29, 1.82) is 0 Å². The molecule has 1 aromatic heterocycles. The van der Waals surface area contributed by atoms with Gasteiger partial charge >= 0.3 is 11.9 Å². The van der Waals surface area contributed by atoms with Crippen LogP contribution in [0.5, 0.6) is 5.75 Å². The minimum atomic E-state index is -0.612. The fourth-order valence-corrected chi connectivity index (χ4v) is 4.00. The van der Waals surface area contributed by atoms with Gasteiger partial charge in [-0.05, 0) is 31.2 Å². The van der Waals surface area contributed by atoms with Crippen LogP contribution in [0.2, 0.25) is 5.02 Å². The average molecular weight is 440 g/mol. The molecule has 0 atom stereocenters. The van der Waals surface area contributed by atoms with Gasteiger partial charge in [-0.3, -0.25) is 0 Å². The molecule has 0 aliphatic heterocycles. The Morgan fingerprint density at radius 3 is 2.64 bits per heavy atom. The van der Waals surface area contributed by atoms with Crippen molar-refractivity contribution >= 4 is 60.9 Å². The topological polar surface area (TPSA) is 52.6 Å². The van der Waals surface area contributed by atoms with Gasteiger partial charge in [-0.25, -0.2) is 9.59 Å². The second kappa shape index (κ2) is 7.56. The van der Waals surface area contributed by atoms with Crippen molar-refractivity contribution in [2.24, 2.45) is 0 Å². The number of halogens is 2. The van der Waals surface area contributed by atoms with Gasteiger partial charge in [-0.15, -0.1) is 11.3 Å². The summed E-state index contributed by atoms with van der Waals surface area (Å²) in [5.41, 5.74) is 0.168. The third-order valence-electron chi connectivity index (χ3n) is 3.36. The summed E-state index contributed by atoms with van der Waals surface area (Å²) in [5, 5.41) is 1.14. The zero-order chi connectivity index (χ0) is 18.0. The fraction of sp³-hybridized carbons (Fsp3) is 0.111. The predicted molar refractivity (Wildman–Crippen MR) is 102 cm³/mol. The maximum Gasteiger partial charge on any atom is 0.355 e. The van der Waals surface area contributed by atoms with E-state index in [2.05, 4.69) is 15.9 Å². The SMILES string of the molecule is CCOC(=O)c1cc(Br)ccc1OC(=O)c1sc2ccccc2c1Cl. The monoisotopic (exact) mass is 438 g/mol. The average Bonchev–Trinajstić information content (AvgIpc) is 2.94. The predicted octanol–water partition coefficient (Wildman–Crippen LogP) is 5.71. The zero-order valence-electron chi connectivity index (χ0n) is 13.0. The van der Waals surface area contributed by atoms with E-state index in [1.807, 2.05) is 24.3 Å². The molecule has 0 saturated carbocycles. The van der Waals surface area contributed by atoms with Gasteiger partial charge in [-0.1, -0.05) is 45.7 Å². The molecule has 25 heavy (non-hydrogen) atoms. The maximum atomic E-state index is 12.6. The van der Waals surface area contributed by atoms with Gasteiger partial charge in [0.2, 0.25) is 0 Å². The van der Waals surface area contributed by atoms with Crippen LogP contribution < -0.4 is 4.74 Å². The number of benzene rings is 2. The summed E-state index contributed by atoms with van der Waals surface area (Å²) >= 11 is 10.8. The molecule has 3 rings (SSSR count). The van der Waals surface area contributed by atoms with Crippen LogP contribution in [0.1, 0.15) is 27.0 Å². The third-order valence-corrected chi connectivity index (χ3v) is 5.51. The Balaban J connectivity index is 1.95. The first-order valence-corrected chi connectivity index (χ1v) is 9.36. The molecular formula is C18H12BrClO4S. The molecule has 0 aliphatic carbocycles. The molecule has 1 heterocycles. The number of rotatable bonds is 4. The van der Waals surface area contributed by atoms with E-state index in [9.17, 15) is 9.59 Å². The largest absolute Gasteiger partial charge is 0.462 e. The third kappa shape index (κ3) is 3.71. The van der Waals surface area contributed by atoms with E-state index in [-0.39, 0.29) is 17.9 Å². The lowest BCUT2D eigenvalue weighted by atomic mass is 10.2. The van der Waals surface area contributed by atoms with Crippen LogP contribution in [0.15, 0.2) is 46.9 Å². The Hall–Kier alpha value is -1.89. The van der Waals surface area contributed by atoms with Crippen molar-refractivity contribution in [2.75, 3.05) is 6.61 Å². The number of esters is 2. The van der Waals surface area contributed by atoms with Crippen LogP contribution in [0.3, 0.4) is 0 Å². The lowest BCUT2D eigenvalue weighted by Gasteiger charge is -2.09. The molecule has 0 N–H and O–H groups in total. The number of hydrogen-bond donors (Lipinski definition) is 0. The van der Waals surface area contributed by atoms with Crippen molar-refractivity contribution in [2.45, 2.75) is 6.92 Å². The summed E-state index contributed by atoms with van der Waals surface area (Å²) in [4.78, 5) is 24.9. The summed E-state index contributed by atoms with van der Waals surface area (Å²) in [5.74, 6) is -1.05. The molecule has 0 amide bonds. The number of ether oxygens (including phenoxy) is 2. The van der Waals surface area contributed by atoms with Crippen molar-refractivity contribution in [3.63, 3.8) is 0 Å². The standard InChI is InChI=1S/C18H12BrClO4S/c1-2-23-17(21)12-9-10(19)7-8-13(12)24-18(22)16-15(20)11-5-3-4-6-14(11)25-16/h3-9H,2H2,1H3. The van der Waals surface area contributed by atoms with E-state index < -0.39 is 11.9 Å². The molecule has 0 unspecified atom stereocenters. The van der Waals surface area contributed by atoms with Crippen LogP contribution in [0.4, 0.5) is 0 Å². The fourth-order valence-electron chi connectivity index (χ4n) is 2.25. The summed E-state index contributed by atoms with van der Waals surface area (Å²) in [6.45, 7) is 1.93. The maximum absolute atomic E-state index is 12.6. The Labute approximate surface area is 161 Å². The van der Waals surface area contributed by atoms with E-state index in [4.69, 9.17) is 21.1 Å². The molecule has 0 fully saturated rings. The van der Waals surface area contributed by atoms with Gasteiger partial charge in [0, 0.05) is 14.6 Å². The van der Waals surface area contributed by atoms with Crippen molar-refractivity contribution in [3.8, 4) is 5.75 Å². The van der Waals surface area contributed by atoms with Crippen molar-refractivity contribution in [3.05, 3.63) is 62.4 Å². The molecule has 128 valence electrons. The summed E-state index contributed by atoms with van der Waals surface area (Å²) in [7, 11) is 0. The lowest BCUT2D eigenvalue weighted by molar-refractivity contribution is 0.0520. The number of fused-ring (bicyclic) bond motifs is 1. The number of carbonyl (C=O) groups is 2. The van der Waals surface area contributed by atoms with Gasteiger partial charge in [-0.2, -0.15) is 0 Å². The Kier molecular flexibility index (Phi) is 5.42. The van der Waals surface area contributed by atoms with E-state index >= 15 is 0 Å². The van der Waals surface area contributed by atoms with Crippen LogP contribution in [0, 0.1) is 0 Å². The van der Waals surface area contributed by atoms with E-state index in [0.717, 1.165) is 10.1 Å². The van der Waals surface area contributed by atoms with Gasteiger partial charge < -0.3 is 9.47 Å². The highest BCUT2D eigenvalue weighted by Gasteiger charge is 2.22. The normalized spacial score (nSPS) is 10.7. The van der Waals surface area contributed by atoms with Gasteiger partial charge in [0.15, 0.2) is 0 Å². The van der Waals surface area contributed by atoms with Crippen LogP contribution >= 0.6 is 38.9 Å². The highest BCUT2D eigenvalue weighted by atomic mass is 79.9. The minimum absolute atomic E-state index is 0.125. The molecule has 0 radical (unpaired) electrons. The molecule has 2 aromatic carbocycles. The van der Waals surface area contributed by atoms with Crippen LogP contribution in [-0.2, 0) is 4.74 Å². The van der Waals surface area contributed by atoms with Gasteiger partial charge in [0.1, 0.15) is 16.2 Å². The summed E-state index contributed by atoms with van der Waals surface area (Å²) in [6.07, 6.45) is 0. The van der Waals surface area contributed by atoms with E-state index in [1.165, 1.54) is 17.4 Å². The quantitative estimate of drug-likeness (QED) is 0.386. The first-order chi connectivity index (χ1) is 12.0. The molecule has 4 nitrogen and oxygen atoms in total. The first-order valence-electron chi connectivity index (χ1n) is 7.37. The van der Waals surface area contributed by atoms with Crippen molar-refractivity contribution in [1.82, 2.24) is 0 Å². The Morgan fingerprint density at radius 1 is 1.16 bits per heavy atom. The smallest absolute Gasteiger partial charge is 0.355 e. The Morgan fingerprint density at radius 2 is 1.92 bits per heavy atom. The number of hydrogen-bond acceptors (Lipinski definition) is 5. The number of thiophene rings is 1. The minimum Gasteiger partial charge on any atom is -0.462 e. The molecule has 0 aliphatic rings. The second-order valence-corrected chi connectivity index (χ2v) is 7.34. The van der Waals surface area contributed by atoms with Crippen LogP contribution in [0.25, 0.3) is 10.1 Å². The summed E-state index contributed by atoms with van der Waals surface area (Å²) < 4.78 is 12.0. The summed E-state index contributed by atoms with van der Waals surface area (Å²) in [6, 6.07) is 12.2. The lowest BCUT2D eigenvalue weighted by Crippen LogP contribution is -2.12.